The van der Waals surface area contributed by atoms with Gasteiger partial charge in [0.05, 0.1) is 6.04 Å². The Morgan fingerprint density at radius 1 is 1.13 bits per heavy atom. The molecule has 0 bridgehead atoms. The molecular weight excluding hydrogens is 397 g/mol. The van der Waals surface area contributed by atoms with Gasteiger partial charge in [-0.3, -0.25) is 14.5 Å². The van der Waals surface area contributed by atoms with E-state index in [-0.39, 0.29) is 12.6 Å². The van der Waals surface area contributed by atoms with Crippen LogP contribution in [0.4, 0.5) is 9.18 Å². The van der Waals surface area contributed by atoms with Gasteiger partial charge in [-0.2, -0.15) is 0 Å². The molecule has 162 valence electrons. The van der Waals surface area contributed by atoms with Gasteiger partial charge in [-0.05, 0) is 73.9 Å². The summed E-state index contributed by atoms with van der Waals surface area (Å²) in [7, 11) is 0. The van der Waals surface area contributed by atoms with Gasteiger partial charge < -0.3 is 10.6 Å². The summed E-state index contributed by atoms with van der Waals surface area (Å²) < 4.78 is 13.2. The highest BCUT2D eigenvalue weighted by Gasteiger charge is 2.49. The molecule has 0 aromatic heterocycles. The molecule has 2 aromatic carbocycles. The van der Waals surface area contributed by atoms with E-state index in [2.05, 4.69) is 22.8 Å². The second-order valence-electron chi connectivity index (χ2n) is 8.48. The van der Waals surface area contributed by atoms with E-state index < -0.39 is 29.2 Å². The topological polar surface area (TPSA) is 78.5 Å². The van der Waals surface area contributed by atoms with Gasteiger partial charge in [0.25, 0.3) is 5.91 Å². The summed E-state index contributed by atoms with van der Waals surface area (Å²) in [6, 6.07) is 10.8. The molecule has 0 saturated carbocycles. The Kier molecular flexibility index (Phi) is 5.52. The maximum atomic E-state index is 13.2. The van der Waals surface area contributed by atoms with Crippen LogP contribution in [0.3, 0.4) is 0 Å². The van der Waals surface area contributed by atoms with Crippen molar-refractivity contribution in [1.82, 2.24) is 15.5 Å². The van der Waals surface area contributed by atoms with Crippen molar-refractivity contribution in [2.45, 2.75) is 51.1 Å². The molecule has 1 heterocycles. The Labute approximate surface area is 180 Å². The summed E-state index contributed by atoms with van der Waals surface area (Å²) in [5.41, 5.74) is 2.82. The van der Waals surface area contributed by atoms with Crippen molar-refractivity contribution < 1.29 is 18.8 Å². The summed E-state index contributed by atoms with van der Waals surface area (Å²) in [6.07, 6.45) is 4.53. The third kappa shape index (κ3) is 4.04. The van der Waals surface area contributed by atoms with E-state index >= 15 is 0 Å². The summed E-state index contributed by atoms with van der Waals surface area (Å²) >= 11 is 0. The van der Waals surface area contributed by atoms with Gasteiger partial charge >= 0.3 is 6.03 Å². The van der Waals surface area contributed by atoms with Crippen LogP contribution < -0.4 is 10.6 Å². The van der Waals surface area contributed by atoms with E-state index in [0.29, 0.717) is 5.56 Å². The van der Waals surface area contributed by atoms with Gasteiger partial charge in [0.2, 0.25) is 5.91 Å². The van der Waals surface area contributed by atoms with E-state index in [1.165, 1.54) is 48.2 Å². The van der Waals surface area contributed by atoms with Crippen LogP contribution in [0.1, 0.15) is 55.0 Å². The number of hydrogen-bond donors (Lipinski definition) is 2. The Morgan fingerprint density at radius 3 is 2.52 bits per heavy atom. The van der Waals surface area contributed by atoms with Crippen LogP contribution in [0, 0.1) is 5.82 Å². The molecule has 1 aliphatic heterocycles. The highest BCUT2D eigenvalue weighted by Crippen LogP contribution is 2.29. The number of urea groups is 1. The molecular formula is C24H26FN3O3. The number of rotatable bonds is 5. The van der Waals surface area contributed by atoms with E-state index in [4.69, 9.17) is 0 Å². The van der Waals surface area contributed by atoms with Crippen LogP contribution in [-0.2, 0) is 28.0 Å². The first-order chi connectivity index (χ1) is 14.8. The smallest absolute Gasteiger partial charge is 0.325 e. The second-order valence-corrected chi connectivity index (χ2v) is 8.48. The predicted octanol–water partition coefficient (Wildman–Crippen LogP) is 3.35. The van der Waals surface area contributed by atoms with Gasteiger partial charge in [-0.25, -0.2) is 9.18 Å². The van der Waals surface area contributed by atoms with Gasteiger partial charge in [-0.1, -0.05) is 30.3 Å². The molecule has 2 N–H and O–H groups in total. The lowest BCUT2D eigenvalue weighted by molar-refractivity contribution is -0.135. The van der Waals surface area contributed by atoms with Crippen LogP contribution in [0.15, 0.2) is 42.5 Å². The van der Waals surface area contributed by atoms with Crippen molar-refractivity contribution >= 4 is 17.8 Å². The van der Waals surface area contributed by atoms with Crippen molar-refractivity contribution in [1.29, 1.82) is 0 Å². The van der Waals surface area contributed by atoms with Crippen LogP contribution >= 0.6 is 0 Å². The highest BCUT2D eigenvalue weighted by molar-refractivity contribution is 6.09. The van der Waals surface area contributed by atoms with Gasteiger partial charge in [0.1, 0.15) is 17.9 Å². The fraction of sp³-hybridized carbons (Fsp3) is 0.375. The number of carbonyl (C=O) groups excluding carboxylic acids is 3. The molecule has 4 rings (SSSR count). The molecule has 0 unspecified atom stereocenters. The number of aryl methyl sites for hydroxylation is 2. The Hall–Kier alpha value is -3.22. The highest BCUT2D eigenvalue weighted by atomic mass is 19.1. The number of carbonyl (C=O) groups is 3. The average Bonchev–Trinajstić information content (AvgIpc) is 2.97. The number of imide groups is 1. The molecule has 1 aliphatic carbocycles. The molecule has 1 fully saturated rings. The van der Waals surface area contributed by atoms with Crippen LogP contribution in [0.2, 0.25) is 0 Å². The third-order valence-electron chi connectivity index (χ3n) is 6.25. The number of nitrogens with one attached hydrogen (secondary N) is 2. The molecule has 6 nitrogen and oxygen atoms in total. The maximum absolute atomic E-state index is 13.2. The number of halogens is 1. The summed E-state index contributed by atoms with van der Waals surface area (Å²) in [5, 5.41) is 5.51. The molecule has 2 aromatic rings. The van der Waals surface area contributed by atoms with Crippen molar-refractivity contribution in [3.63, 3.8) is 0 Å². The first kappa shape index (κ1) is 21.0. The number of benzene rings is 2. The first-order valence-electron chi connectivity index (χ1n) is 10.6. The zero-order chi connectivity index (χ0) is 22.2. The van der Waals surface area contributed by atoms with E-state index in [9.17, 15) is 18.8 Å². The largest absolute Gasteiger partial charge is 0.348 e. The Morgan fingerprint density at radius 2 is 1.81 bits per heavy atom. The van der Waals surface area contributed by atoms with Crippen LogP contribution in [0.5, 0.6) is 0 Å². The standard InChI is InChI=1S/C24H26FN3O3/c1-15(17-8-7-16-5-3-4-6-18(16)13-17)26-21(29)14-28-22(30)24(2,27-23(28)31)19-9-11-20(25)12-10-19/h7-13,15H,3-6,14H2,1-2H3,(H,26,29)(H,27,31)/t15-,24-/m0/s1. The van der Waals surface area contributed by atoms with E-state index in [1.807, 2.05) is 13.0 Å². The molecule has 31 heavy (non-hydrogen) atoms. The Balaban J connectivity index is 1.43. The molecule has 4 amide bonds. The molecule has 0 spiro atoms. The number of fused-ring (bicyclic) bond motifs is 1. The van der Waals surface area contributed by atoms with Crippen LogP contribution in [0.25, 0.3) is 0 Å². The van der Waals surface area contributed by atoms with E-state index in [0.717, 1.165) is 23.3 Å². The molecule has 2 aliphatic rings. The minimum Gasteiger partial charge on any atom is -0.348 e. The van der Waals surface area contributed by atoms with Gasteiger partial charge in [0.15, 0.2) is 0 Å². The van der Waals surface area contributed by atoms with Crippen molar-refractivity contribution in [2.24, 2.45) is 0 Å². The monoisotopic (exact) mass is 423 g/mol. The summed E-state index contributed by atoms with van der Waals surface area (Å²) in [6.45, 7) is 3.06. The number of amides is 4. The molecule has 1 saturated heterocycles. The predicted molar refractivity (Wildman–Crippen MR) is 114 cm³/mol. The lowest BCUT2D eigenvalue weighted by Gasteiger charge is -2.23. The second kappa shape index (κ2) is 8.13. The lowest BCUT2D eigenvalue weighted by Crippen LogP contribution is -2.43. The van der Waals surface area contributed by atoms with Crippen LogP contribution in [-0.4, -0.2) is 29.3 Å². The van der Waals surface area contributed by atoms with Crippen molar-refractivity contribution in [3.8, 4) is 0 Å². The fourth-order valence-corrected chi connectivity index (χ4v) is 4.36. The minimum absolute atomic E-state index is 0.246. The fourth-order valence-electron chi connectivity index (χ4n) is 4.36. The normalized spacial score (nSPS) is 21.5. The van der Waals surface area contributed by atoms with Gasteiger partial charge in [-0.15, -0.1) is 0 Å². The molecule has 7 heteroatoms. The number of nitrogens with zero attached hydrogens (tertiary/aromatic N) is 1. The molecule has 0 radical (unpaired) electrons. The molecule has 2 atom stereocenters. The number of hydrogen-bond acceptors (Lipinski definition) is 3. The summed E-state index contributed by atoms with van der Waals surface area (Å²) in [5.74, 6) is -1.39. The third-order valence-corrected chi connectivity index (χ3v) is 6.25. The zero-order valence-electron chi connectivity index (χ0n) is 17.7. The summed E-state index contributed by atoms with van der Waals surface area (Å²) in [4.78, 5) is 38.9. The lowest BCUT2D eigenvalue weighted by atomic mass is 9.89. The zero-order valence-corrected chi connectivity index (χ0v) is 17.7. The first-order valence-corrected chi connectivity index (χ1v) is 10.6. The Bertz CT molecular complexity index is 1040. The van der Waals surface area contributed by atoms with Crippen molar-refractivity contribution in [2.75, 3.05) is 6.54 Å². The van der Waals surface area contributed by atoms with E-state index in [1.54, 1.807) is 6.92 Å². The average molecular weight is 423 g/mol. The van der Waals surface area contributed by atoms with Crippen molar-refractivity contribution in [3.05, 3.63) is 70.5 Å². The SMILES string of the molecule is C[C@H](NC(=O)CN1C(=O)N[C@@](C)(c2ccc(F)cc2)C1=O)c1ccc2c(c1)CCCC2. The maximum Gasteiger partial charge on any atom is 0.325 e. The quantitative estimate of drug-likeness (QED) is 0.724. The minimum atomic E-state index is -1.34. The van der Waals surface area contributed by atoms with Gasteiger partial charge in [0, 0.05) is 0 Å².